The monoisotopic (exact) mass is 443 g/mol. The summed E-state index contributed by atoms with van der Waals surface area (Å²) in [7, 11) is 0. The van der Waals surface area contributed by atoms with Crippen molar-refractivity contribution < 1.29 is 14.8 Å². The van der Waals surface area contributed by atoms with Crippen molar-refractivity contribution in [3.63, 3.8) is 0 Å². The van der Waals surface area contributed by atoms with Crippen LogP contribution in [-0.4, -0.2) is 16.0 Å². The molecule has 3 aromatic rings. The van der Waals surface area contributed by atoms with Crippen LogP contribution in [0.2, 0.25) is 10.0 Å². The highest BCUT2D eigenvalue weighted by molar-refractivity contribution is 6.42. The van der Waals surface area contributed by atoms with Gasteiger partial charge >= 0.3 is 5.97 Å². The summed E-state index contributed by atoms with van der Waals surface area (Å²) in [6.45, 7) is 1.30. The lowest BCUT2D eigenvalue weighted by Gasteiger charge is -2.18. The minimum absolute atomic E-state index is 0.0470. The molecule has 0 fully saturated rings. The number of nitrogens with one attached hydrogen (secondary N) is 1. The molecule has 0 amide bonds. The average molecular weight is 444 g/mol. The molecule has 30 heavy (non-hydrogen) atoms. The summed E-state index contributed by atoms with van der Waals surface area (Å²) in [5.41, 5.74) is 3.13. The maximum Gasteiger partial charge on any atom is 0.338 e. The molecule has 0 radical (unpaired) electrons. The van der Waals surface area contributed by atoms with Gasteiger partial charge in [0.15, 0.2) is 0 Å². The Kier molecular flexibility index (Phi) is 5.24. The fraction of sp³-hybridized carbons (Fsp3) is 0.0952. The van der Waals surface area contributed by atoms with Gasteiger partial charge in [0.2, 0.25) is 0 Å². The maximum absolute atomic E-state index is 11.5. The van der Waals surface area contributed by atoms with Crippen LogP contribution < -0.4 is 10.2 Å². The van der Waals surface area contributed by atoms with E-state index < -0.39 is 10.9 Å². The number of carboxylic acid groups (broad SMARTS) is 1. The van der Waals surface area contributed by atoms with Crippen molar-refractivity contribution in [1.29, 1.82) is 0 Å². The number of fused-ring (bicyclic) bond motifs is 1. The van der Waals surface area contributed by atoms with Gasteiger partial charge in [-0.3, -0.25) is 10.1 Å². The first-order chi connectivity index (χ1) is 14.3. The fourth-order valence-electron chi connectivity index (χ4n) is 3.48. The number of rotatable bonds is 5. The Bertz CT molecular complexity index is 1150. The van der Waals surface area contributed by atoms with Gasteiger partial charge in [0.25, 0.3) is 5.69 Å². The molecule has 0 aliphatic carbocycles. The van der Waals surface area contributed by atoms with E-state index >= 15 is 0 Å². The van der Waals surface area contributed by atoms with E-state index in [1.165, 1.54) is 18.2 Å². The van der Waals surface area contributed by atoms with Crippen LogP contribution in [0.4, 0.5) is 22.7 Å². The quantitative estimate of drug-likeness (QED) is 0.378. The van der Waals surface area contributed by atoms with Gasteiger partial charge < -0.3 is 15.3 Å². The molecular formula is C21H15Cl2N3O4. The first-order valence-electron chi connectivity index (χ1n) is 8.93. The van der Waals surface area contributed by atoms with E-state index in [0.29, 0.717) is 28.8 Å². The lowest BCUT2D eigenvalue weighted by Crippen LogP contribution is -2.14. The number of benzene rings is 3. The molecule has 3 aromatic carbocycles. The number of hydrogen-bond donors (Lipinski definition) is 2. The number of nitrogens with zero attached hydrogens (tertiary/aromatic N) is 2. The summed E-state index contributed by atoms with van der Waals surface area (Å²) in [5, 5.41) is 24.7. The molecule has 0 aromatic heterocycles. The molecule has 0 bridgehead atoms. The Morgan fingerprint density at radius 2 is 1.80 bits per heavy atom. The number of carbonyl (C=O) groups is 1. The van der Waals surface area contributed by atoms with E-state index in [0.717, 1.165) is 16.8 Å². The molecule has 152 valence electrons. The second kappa shape index (κ2) is 7.85. The third kappa shape index (κ3) is 3.77. The van der Waals surface area contributed by atoms with E-state index in [9.17, 15) is 20.0 Å². The predicted octanol–water partition coefficient (Wildman–Crippen LogP) is 5.86. The number of para-hydroxylation sites is 1. The van der Waals surface area contributed by atoms with Crippen LogP contribution in [0.1, 0.15) is 21.5 Å². The van der Waals surface area contributed by atoms with Gasteiger partial charge in [-0.25, -0.2) is 4.79 Å². The van der Waals surface area contributed by atoms with Crippen molar-refractivity contribution in [2.24, 2.45) is 0 Å². The summed E-state index contributed by atoms with van der Waals surface area (Å²) < 4.78 is 0. The van der Waals surface area contributed by atoms with Crippen molar-refractivity contribution in [2.45, 2.75) is 13.1 Å². The number of anilines is 3. The van der Waals surface area contributed by atoms with Crippen molar-refractivity contribution in [1.82, 2.24) is 0 Å². The topological polar surface area (TPSA) is 95.7 Å². The Morgan fingerprint density at radius 1 is 1.03 bits per heavy atom. The van der Waals surface area contributed by atoms with Gasteiger partial charge in [-0.15, -0.1) is 0 Å². The van der Waals surface area contributed by atoms with Gasteiger partial charge in [0.1, 0.15) is 5.69 Å². The Hall–Kier alpha value is -3.29. The SMILES string of the molecule is O=C(O)c1cccc([N+](=O)[O-])c1Nc1ccc2c(c1)CN(c1ccc(Cl)c(Cl)c1)C2. The van der Waals surface area contributed by atoms with Crippen molar-refractivity contribution in [3.05, 3.63) is 91.4 Å². The molecule has 4 rings (SSSR count). The molecule has 0 saturated heterocycles. The van der Waals surface area contributed by atoms with E-state index in [1.54, 1.807) is 18.2 Å². The first-order valence-corrected chi connectivity index (χ1v) is 9.68. The lowest BCUT2D eigenvalue weighted by molar-refractivity contribution is -0.383. The summed E-state index contributed by atoms with van der Waals surface area (Å²) >= 11 is 12.1. The fourth-order valence-corrected chi connectivity index (χ4v) is 3.78. The van der Waals surface area contributed by atoms with Crippen LogP contribution in [0.5, 0.6) is 0 Å². The third-order valence-electron chi connectivity index (χ3n) is 4.94. The zero-order valence-corrected chi connectivity index (χ0v) is 16.9. The van der Waals surface area contributed by atoms with Crippen molar-refractivity contribution >= 4 is 51.9 Å². The highest BCUT2D eigenvalue weighted by Gasteiger charge is 2.23. The largest absolute Gasteiger partial charge is 0.478 e. The summed E-state index contributed by atoms with van der Waals surface area (Å²) in [4.78, 5) is 24.4. The normalized spacial score (nSPS) is 12.5. The van der Waals surface area contributed by atoms with Gasteiger partial charge in [-0.2, -0.15) is 0 Å². The Balaban J connectivity index is 1.63. The summed E-state index contributed by atoms with van der Waals surface area (Å²) in [6, 6.07) is 15.0. The van der Waals surface area contributed by atoms with Crippen LogP contribution in [0.3, 0.4) is 0 Å². The number of hydrogen-bond acceptors (Lipinski definition) is 5. The minimum Gasteiger partial charge on any atom is -0.478 e. The highest BCUT2D eigenvalue weighted by Crippen LogP contribution is 2.36. The number of aromatic carboxylic acids is 1. The molecule has 0 atom stereocenters. The van der Waals surface area contributed by atoms with Gasteiger partial charge in [-0.1, -0.05) is 35.3 Å². The maximum atomic E-state index is 11.5. The van der Waals surface area contributed by atoms with Crippen LogP contribution in [0.15, 0.2) is 54.6 Å². The second-order valence-corrected chi connectivity index (χ2v) is 7.64. The van der Waals surface area contributed by atoms with Gasteiger partial charge in [0.05, 0.1) is 20.5 Å². The number of carboxylic acids is 1. The zero-order chi connectivity index (χ0) is 21.4. The molecule has 9 heteroatoms. The predicted molar refractivity (Wildman–Crippen MR) is 116 cm³/mol. The number of nitro benzene ring substituents is 1. The third-order valence-corrected chi connectivity index (χ3v) is 5.67. The average Bonchev–Trinajstić information content (AvgIpc) is 3.13. The van der Waals surface area contributed by atoms with Crippen LogP contribution in [0, 0.1) is 10.1 Å². The zero-order valence-electron chi connectivity index (χ0n) is 15.4. The van der Waals surface area contributed by atoms with E-state index in [4.69, 9.17) is 23.2 Å². The molecule has 1 aliphatic rings. The van der Waals surface area contributed by atoms with E-state index in [1.807, 2.05) is 18.2 Å². The number of nitro groups is 1. The van der Waals surface area contributed by atoms with Crippen molar-refractivity contribution in [3.8, 4) is 0 Å². The first kappa shape index (κ1) is 20.0. The molecular weight excluding hydrogens is 429 g/mol. The molecule has 0 spiro atoms. The molecule has 2 N–H and O–H groups in total. The molecule has 0 unspecified atom stereocenters. The van der Waals surface area contributed by atoms with Crippen LogP contribution in [-0.2, 0) is 13.1 Å². The molecule has 7 nitrogen and oxygen atoms in total. The lowest BCUT2D eigenvalue weighted by atomic mass is 10.1. The summed E-state index contributed by atoms with van der Waals surface area (Å²) in [5.74, 6) is -1.24. The minimum atomic E-state index is -1.24. The van der Waals surface area contributed by atoms with E-state index in [-0.39, 0.29) is 16.9 Å². The van der Waals surface area contributed by atoms with Crippen molar-refractivity contribution in [2.75, 3.05) is 10.2 Å². The standard InChI is InChI=1S/C21H15Cl2N3O4/c22-17-7-6-15(9-18(17)23)25-10-12-4-5-14(8-13(12)11-25)24-20-16(21(27)28)2-1-3-19(20)26(29)30/h1-9,24H,10-11H2,(H,27,28). The molecule has 0 saturated carbocycles. The van der Waals surface area contributed by atoms with E-state index in [2.05, 4.69) is 10.2 Å². The second-order valence-electron chi connectivity index (χ2n) is 6.82. The van der Waals surface area contributed by atoms with Crippen LogP contribution >= 0.6 is 23.2 Å². The highest BCUT2D eigenvalue weighted by atomic mass is 35.5. The van der Waals surface area contributed by atoms with Crippen LogP contribution in [0.25, 0.3) is 0 Å². The smallest absolute Gasteiger partial charge is 0.338 e. The summed E-state index contributed by atoms with van der Waals surface area (Å²) in [6.07, 6.45) is 0. The van der Waals surface area contributed by atoms with Gasteiger partial charge in [-0.05, 0) is 47.5 Å². The van der Waals surface area contributed by atoms with Gasteiger partial charge in [0, 0.05) is 30.5 Å². The molecule has 1 heterocycles. The Morgan fingerprint density at radius 3 is 2.50 bits per heavy atom. The number of halogens is 2. The molecule has 1 aliphatic heterocycles. The Labute approximate surface area is 181 Å².